The van der Waals surface area contributed by atoms with Gasteiger partial charge in [0.25, 0.3) is 0 Å². The fourth-order valence-corrected chi connectivity index (χ4v) is 10.2. The van der Waals surface area contributed by atoms with Gasteiger partial charge in [-0.15, -0.1) is 11.3 Å². The first kappa shape index (κ1) is 32.4. The van der Waals surface area contributed by atoms with Gasteiger partial charge < -0.3 is 8.98 Å². The quantitative estimate of drug-likeness (QED) is 0.179. The highest BCUT2D eigenvalue weighted by atomic mass is 32.1. The first-order chi connectivity index (χ1) is 29.2. The van der Waals surface area contributed by atoms with E-state index in [4.69, 9.17) is 19.4 Å². The molecule has 0 aliphatic heterocycles. The van der Waals surface area contributed by atoms with Crippen LogP contribution in [0.4, 0.5) is 0 Å². The van der Waals surface area contributed by atoms with Crippen molar-refractivity contribution in [2.24, 2.45) is 0 Å². The zero-order valence-corrected chi connectivity index (χ0v) is 32.2. The summed E-state index contributed by atoms with van der Waals surface area (Å²) in [4.78, 5) is 16.1. The van der Waals surface area contributed by atoms with Gasteiger partial charge in [0.15, 0.2) is 17.5 Å². The van der Waals surface area contributed by atoms with Crippen molar-refractivity contribution in [1.82, 2.24) is 19.5 Å². The highest BCUT2D eigenvalue weighted by Crippen LogP contribution is 2.43. The molecular formula is C53H30N4OS. The number of furan rings is 1. The minimum absolute atomic E-state index is 0.548. The largest absolute Gasteiger partial charge is 0.455 e. The number of aromatic nitrogens is 4. The van der Waals surface area contributed by atoms with Gasteiger partial charge in [-0.3, -0.25) is 0 Å². The molecule has 13 rings (SSSR count). The van der Waals surface area contributed by atoms with Crippen LogP contribution in [0.2, 0.25) is 0 Å². The van der Waals surface area contributed by atoms with E-state index in [1.807, 2.05) is 12.1 Å². The number of rotatable bonds is 4. The Balaban J connectivity index is 1.14. The molecule has 0 atom stereocenters. The molecule has 0 amide bonds. The van der Waals surface area contributed by atoms with Crippen LogP contribution in [0.3, 0.4) is 0 Å². The van der Waals surface area contributed by atoms with Crippen LogP contribution in [0.25, 0.3) is 125 Å². The fraction of sp³-hybridized carbons (Fsp3) is 0. The van der Waals surface area contributed by atoms with Crippen LogP contribution < -0.4 is 0 Å². The Morgan fingerprint density at radius 3 is 1.93 bits per heavy atom. The number of hydrogen-bond acceptors (Lipinski definition) is 5. The summed E-state index contributed by atoms with van der Waals surface area (Å²) in [5.74, 6) is 1.77. The first-order valence-corrected chi connectivity index (χ1v) is 20.6. The van der Waals surface area contributed by atoms with E-state index < -0.39 is 0 Å². The van der Waals surface area contributed by atoms with Crippen molar-refractivity contribution in [3.05, 3.63) is 182 Å². The SMILES string of the molecule is c1ccc2cc(-c3nc(-c4cc(-n5c6ccccc6c6cc7ccccc7cc65)cc5c4oc4ccccc45)nc(-c4cccc5sc6ccccc6c45)n3)ccc2c1. The lowest BCUT2D eigenvalue weighted by Crippen LogP contribution is -2.02. The van der Waals surface area contributed by atoms with Crippen LogP contribution >= 0.6 is 11.3 Å². The summed E-state index contributed by atoms with van der Waals surface area (Å²) in [6, 6.07) is 64.5. The zero-order chi connectivity index (χ0) is 38.6. The van der Waals surface area contributed by atoms with Gasteiger partial charge in [-0.25, -0.2) is 15.0 Å². The third-order valence-corrected chi connectivity index (χ3v) is 12.9. The molecule has 0 spiro atoms. The Kier molecular flexibility index (Phi) is 6.82. The molecule has 0 saturated heterocycles. The summed E-state index contributed by atoms with van der Waals surface area (Å²) in [5, 5.41) is 11.5. The maximum Gasteiger partial charge on any atom is 0.167 e. The number of benzene rings is 9. The lowest BCUT2D eigenvalue weighted by atomic mass is 10.0. The molecule has 59 heavy (non-hydrogen) atoms. The standard InChI is InChI=1S/C53H30N4OS/c1-2-13-32-26-35(25-24-31(32)12-1)51-54-52(40-19-11-23-48-49(40)39-18-7-10-22-47(39)59-48)56-53(55-51)43-30-36(29-42-38-17-6-9-21-46(38)58-50(42)43)57-44-20-8-5-16-37(44)41-27-33-14-3-4-15-34(33)28-45(41)57/h1-30H. The van der Waals surface area contributed by atoms with E-state index in [9.17, 15) is 0 Å². The van der Waals surface area contributed by atoms with Crippen molar-refractivity contribution in [2.45, 2.75) is 0 Å². The Hall–Kier alpha value is -7.67. The molecule has 0 aliphatic carbocycles. The fourth-order valence-electron chi connectivity index (χ4n) is 9.08. The highest BCUT2D eigenvalue weighted by Gasteiger charge is 2.23. The molecule has 0 bridgehead atoms. The summed E-state index contributed by atoms with van der Waals surface area (Å²) < 4.78 is 11.6. The van der Waals surface area contributed by atoms with Gasteiger partial charge in [0.1, 0.15) is 11.2 Å². The van der Waals surface area contributed by atoms with E-state index in [2.05, 4.69) is 174 Å². The van der Waals surface area contributed by atoms with Crippen molar-refractivity contribution in [3.8, 4) is 39.9 Å². The van der Waals surface area contributed by atoms with Crippen LogP contribution in [0, 0.1) is 0 Å². The molecular weight excluding hydrogens is 741 g/mol. The van der Waals surface area contributed by atoms with Gasteiger partial charge in [-0.05, 0) is 76.1 Å². The summed E-state index contributed by atoms with van der Waals surface area (Å²) in [7, 11) is 0. The molecule has 6 heteroatoms. The number of nitrogens with zero attached hydrogens (tertiary/aromatic N) is 4. The van der Waals surface area contributed by atoms with E-state index in [1.54, 1.807) is 11.3 Å². The highest BCUT2D eigenvalue weighted by molar-refractivity contribution is 7.25. The lowest BCUT2D eigenvalue weighted by molar-refractivity contribution is 0.669. The molecule has 274 valence electrons. The minimum atomic E-state index is 0.548. The van der Waals surface area contributed by atoms with Gasteiger partial charge >= 0.3 is 0 Å². The Labute approximate surface area is 341 Å². The second-order valence-corrected chi connectivity index (χ2v) is 16.3. The van der Waals surface area contributed by atoms with Crippen LogP contribution in [-0.2, 0) is 0 Å². The van der Waals surface area contributed by atoms with Crippen LogP contribution in [0.1, 0.15) is 0 Å². The molecule has 4 aromatic heterocycles. The van der Waals surface area contributed by atoms with E-state index in [0.717, 1.165) is 71.5 Å². The van der Waals surface area contributed by atoms with Crippen molar-refractivity contribution >= 4 is 96.8 Å². The summed E-state index contributed by atoms with van der Waals surface area (Å²) in [6.07, 6.45) is 0. The third-order valence-electron chi connectivity index (χ3n) is 11.8. The van der Waals surface area contributed by atoms with E-state index in [1.165, 1.54) is 36.3 Å². The molecule has 0 radical (unpaired) electrons. The van der Waals surface area contributed by atoms with Crippen molar-refractivity contribution < 1.29 is 4.42 Å². The van der Waals surface area contributed by atoms with Crippen LogP contribution in [-0.4, -0.2) is 19.5 Å². The van der Waals surface area contributed by atoms with Gasteiger partial charge in [-0.2, -0.15) is 0 Å². The van der Waals surface area contributed by atoms with Crippen molar-refractivity contribution in [2.75, 3.05) is 0 Å². The van der Waals surface area contributed by atoms with Crippen LogP contribution in [0.15, 0.2) is 186 Å². The number of hydrogen-bond donors (Lipinski definition) is 0. The average molecular weight is 771 g/mol. The maximum absolute atomic E-state index is 6.80. The van der Waals surface area contributed by atoms with E-state index in [-0.39, 0.29) is 0 Å². The Bertz CT molecular complexity index is 3870. The zero-order valence-electron chi connectivity index (χ0n) is 31.4. The topological polar surface area (TPSA) is 56.7 Å². The van der Waals surface area contributed by atoms with Gasteiger partial charge in [-0.1, -0.05) is 127 Å². The summed E-state index contributed by atoms with van der Waals surface area (Å²) in [5.41, 5.74) is 7.50. The second-order valence-electron chi connectivity index (χ2n) is 15.2. The average Bonchev–Trinajstić information content (AvgIpc) is 3.97. The molecule has 0 unspecified atom stereocenters. The van der Waals surface area contributed by atoms with Crippen molar-refractivity contribution in [3.63, 3.8) is 0 Å². The Morgan fingerprint density at radius 1 is 0.407 bits per heavy atom. The molecule has 0 saturated carbocycles. The van der Waals surface area contributed by atoms with Gasteiger partial charge in [0.05, 0.1) is 16.6 Å². The predicted octanol–water partition coefficient (Wildman–Crippen LogP) is 14.5. The smallest absolute Gasteiger partial charge is 0.167 e. The number of fused-ring (bicyclic) bond motifs is 11. The molecule has 5 nitrogen and oxygen atoms in total. The van der Waals surface area contributed by atoms with E-state index in [0.29, 0.717) is 17.5 Å². The van der Waals surface area contributed by atoms with Gasteiger partial charge in [0, 0.05) is 58.5 Å². The first-order valence-electron chi connectivity index (χ1n) is 19.8. The minimum Gasteiger partial charge on any atom is -0.455 e. The van der Waals surface area contributed by atoms with Crippen LogP contribution in [0.5, 0.6) is 0 Å². The maximum atomic E-state index is 6.80. The van der Waals surface area contributed by atoms with Gasteiger partial charge in [0.2, 0.25) is 0 Å². The second kappa shape index (κ2) is 12.4. The monoisotopic (exact) mass is 770 g/mol. The molecule has 0 N–H and O–H groups in total. The molecule has 13 aromatic rings. The molecule has 4 heterocycles. The lowest BCUT2D eigenvalue weighted by Gasteiger charge is -2.13. The predicted molar refractivity (Wildman–Crippen MR) is 246 cm³/mol. The number of para-hydroxylation sites is 2. The molecule has 0 fully saturated rings. The van der Waals surface area contributed by atoms with Crippen molar-refractivity contribution in [1.29, 1.82) is 0 Å². The summed E-state index contributed by atoms with van der Waals surface area (Å²) >= 11 is 1.79. The normalized spacial score (nSPS) is 12.1. The molecule has 0 aliphatic rings. The summed E-state index contributed by atoms with van der Waals surface area (Å²) in [6.45, 7) is 0. The third kappa shape index (κ3) is 4.94. The van der Waals surface area contributed by atoms with E-state index >= 15 is 0 Å². The number of thiophene rings is 1. The molecule has 9 aromatic carbocycles. The Morgan fingerprint density at radius 2 is 1.07 bits per heavy atom.